The summed E-state index contributed by atoms with van der Waals surface area (Å²) in [5, 5.41) is 0. The van der Waals surface area contributed by atoms with E-state index in [1.165, 1.54) is 7.11 Å². The average molecular weight is 517 g/mol. The number of hydrogen-bond donors (Lipinski definition) is 0. The van der Waals surface area contributed by atoms with E-state index < -0.39 is 33.3 Å². The molecule has 0 aromatic heterocycles. The Morgan fingerprint density at radius 1 is 1.11 bits per heavy atom. The topological polar surface area (TPSA) is 78.9 Å². The minimum Gasteiger partial charge on any atom is -0.485 e. The lowest BCUT2D eigenvalue weighted by Crippen LogP contribution is -2.28. The van der Waals surface area contributed by atoms with Crippen molar-refractivity contribution in [2.45, 2.75) is 50.1 Å². The summed E-state index contributed by atoms with van der Waals surface area (Å²) >= 11 is 0. The predicted molar refractivity (Wildman–Crippen MR) is 117 cm³/mol. The molecule has 3 atom stereocenters. The third-order valence-electron chi connectivity index (χ3n) is 6.47. The molecule has 1 fully saturated rings. The summed E-state index contributed by atoms with van der Waals surface area (Å²) in [4.78, 5) is 12.2. The Kier molecular flexibility index (Phi) is 6.74. The van der Waals surface area contributed by atoms with E-state index >= 15 is 0 Å². The third kappa shape index (κ3) is 5.24. The Bertz CT molecular complexity index is 1220. The first-order valence-corrected chi connectivity index (χ1v) is 12.5. The lowest BCUT2D eigenvalue weighted by molar-refractivity contribution is -0.145. The normalized spacial score (nSPS) is 19.8. The van der Waals surface area contributed by atoms with Crippen molar-refractivity contribution in [1.29, 1.82) is 0 Å². The van der Waals surface area contributed by atoms with Crippen molar-refractivity contribution in [1.82, 2.24) is 0 Å². The number of alkyl halides is 3. The standard InChI is InChI=1S/C24H24F4O6S/c1-13(23(29)32-2)22(15-4-5-15)16-6-3-14-7-10-20(33-21(14)11-16)18-9-8-17(12-19(18)25)34-35(30,31)24(26,27)28/h3,6,8-9,11-13,15,20,22H,4-5,7,10H2,1-2H3/t13-,20?,22?/m0/s1. The van der Waals surface area contributed by atoms with Crippen LogP contribution in [-0.2, 0) is 26.1 Å². The molecule has 1 aliphatic heterocycles. The predicted octanol–water partition coefficient (Wildman–Crippen LogP) is 5.42. The van der Waals surface area contributed by atoms with Crippen molar-refractivity contribution in [3.63, 3.8) is 0 Å². The van der Waals surface area contributed by atoms with Crippen LogP contribution in [-0.4, -0.2) is 27.0 Å². The largest absolute Gasteiger partial charge is 0.534 e. The molecule has 1 heterocycles. The highest BCUT2D eigenvalue weighted by atomic mass is 32.2. The lowest BCUT2D eigenvalue weighted by Gasteiger charge is -2.29. The van der Waals surface area contributed by atoms with Gasteiger partial charge in [-0.2, -0.15) is 21.6 Å². The summed E-state index contributed by atoms with van der Waals surface area (Å²) in [5.74, 6) is -1.51. The van der Waals surface area contributed by atoms with Crippen LogP contribution in [0.4, 0.5) is 17.6 Å². The number of carbonyl (C=O) groups is 1. The van der Waals surface area contributed by atoms with Crippen molar-refractivity contribution in [3.05, 3.63) is 58.9 Å². The molecule has 0 radical (unpaired) electrons. The van der Waals surface area contributed by atoms with Crippen LogP contribution in [0.1, 0.15) is 54.9 Å². The Labute approximate surface area is 200 Å². The third-order valence-corrected chi connectivity index (χ3v) is 7.45. The second-order valence-electron chi connectivity index (χ2n) is 8.85. The molecule has 4 rings (SSSR count). The SMILES string of the molecule is COC(=O)[C@@H](C)C(c1ccc2c(c1)OC(c1ccc(OS(=O)(=O)C(F)(F)F)cc1F)CC2)C1CC1. The van der Waals surface area contributed by atoms with Crippen molar-refractivity contribution in [2.75, 3.05) is 7.11 Å². The zero-order valence-electron chi connectivity index (χ0n) is 19.0. The molecule has 2 aromatic carbocycles. The smallest absolute Gasteiger partial charge is 0.485 e. The van der Waals surface area contributed by atoms with Crippen molar-refractivity contribution >= 4 is 16.1 Å². The van der Waals surface area contributed by atoms with Gasteiger partial charge in [-0.3, -0.25) is 4.79 Å². The zero-order chi connectivity index (χ0) is 25.5. The van der Waals surface area contributed by atoms with Gasteiger partial charge in [0.25, 0.3) is 0 Å². The average Bonchev–Trinajstić information content (AvgIpc) is 3.62. The molecule has 190 valence electrons. The van der Waals surface area contributed by atoms with Gasteiger partial charge in [0.15, 0.2) is 0 Å². The maximum Gasteiger partial charge on any atom is 0.534 e. The van der Waals surface area contributed by atoms with Gasteiger partial charge in [-0.05, 0) is 66.8 Å². The fourth-order valence-corrected chi connectivity index (χ4v) is 5.02. The first-order chi connectivity index (χ1) is 16.4. The molecule has 0 N–H and O–H groups in total. The Morgan fingerprint density at radius 3 is 2.43 bits per heavy atom. The van der Waals surface area contributed by atoms with Gasteiger partial charge in [-0.15, -0.1) is 0 Å². The van der Waals surface area contributed by atoms with Gasteiger partial charge < -0.3 is 13.7 Å². The molecule has 0 amide bonds. The Hall–Kier alpha value is -2.82. The molecular formula is C24H24F4O6S. The second-order valence-corrected chi connectivity index (χ2v) is 10.4. The molecule has 2 aliphatic rings. The van der Waals surface area contributed by atoms with E-state index in [4.69, 9.17) is 9.47 Å². The number of halogens is 4. The van der Waals surface area contributed by atoms with Crippen molar-refractivity contribution < 1.29 is 44.4 Å². The summed E-state index contributed by atoms with van der Waals surface area (Å²) in [6.45, 7) is 1.83. The summed E-state index contributed by atoms with van der Waals surface area (Å²) in [5.41, 5.74) is -3.72. The van der Waals surface area contributed by atoms with Gasteiger partial charge in [0.1, 0.15) is 23.4 Å². The summed E-state index contributed by atoms with van der Waals surface area (Å²) in [6.07, 6.45) is 2.27. The fourth-order valence-electron chi connectivity index (χ4n) is 4.56. The first-order valence-electron chi connectivity index (χ1n) is 11.1. The van der Waals surface area contributed by atoms with E-state index in [9.17, 15) is 30.8 Å². The van der Waals surface area contributed by atoms with Crippen LogP contribution in [0.3, 0.4) is 0 Å². The lowest BCUT2D eigenvalue weighted by atomic mass is 9.82. The van der Waals surface area contributed by atoms with E-state index in [0.29, 0.717) is 30.6 Å². The second kappa shape index (κ2) is 9.33. The number of methoxy groups -OCH3 is 1. The quantitative estimate of drug-likeness (QED) is 0.212. The number of carbonyl (C=O) groups excluding carboxylic acids is 1. The van der Waals surface area contributed by atoms with Gasteiger partial charge in [0.2, 0.25) is 0 Å². The van der Waals surface area contributed by atoms with E-state index in [1.54, 1.807) is 0 Å². The monoisotopic (exact) mass is 516 g/mol. The van der Waals surface area contributed by atoms with Crippen molar-refractivity contribution in [2.24, 2.45) is 11.8 Å². The number of rotatable bonds is 7. The molecule has 1 aliphatic carbocycles. The van der Waals surface area contributed by atoms with Crippen LogP contribution in [0.5, 0.6) is 11.5 Å². The van der Waals surface area contributed by atoms with Crippen LogP contribution in [0, 0.1) is 17.7 Å². The highest BCUT2D eigenvalue weighted by Gasteiger charge is 2.48. The molecule has 0 bridgehead atoms. The molecule has 0 saturated heterocycles. The van der Waals surface area contributed by atoms with Crippen LogP contribution >= 0.6 is 0 Å². The molecule has 35 heavy (non-hydrogen) atoms. The Balaban J connectivity index is 1.56. The molecule has 2 aromatic rings. The summed E-state index contributed by atoms with van der Waals surface area (Å²) in [6, 6.07) is 8.46. The molecular weight excluding hydrogens is 492 g/mol. The molecule has 1 saturated carbocycles. The van der Waals surface area contributed by atoms with Crippen LogP contribution in [0.2, 0.25) is 0 Å². The highest BCUT2D eigenvalue weighted by Crippen LogP contribution is 2.48. The molecule has 6 nitrogen and oxygen atoms in total. The number of esters is 1. The van der Waals surface area contributed by atoms with Gasteiger partial charge in [-0.1, -0.05) is 19.1 Å². The minimum absolute atomic E-state index is 0.0412. The summed E-state index contributed by atoms with van der Waals surface area (Å²) in [7, 11) is -4.55. The van der Waals surface area contributed by atoms with E-state index in [0.717, 1.165) is 36.1 Å². The van der Waals surface area contributed by atoms with Gasteiger partial charge >= 0.3 is 21.6 Å². The maximum atomic E-state index is 14.8. The van der Waals surface area contributed by atoms with Gasteiger partial charge in [0, 0.05) is 11.6 Å². The number of benzene rings is 2. The number of hydrogen-bond acceptors (Lipinski definition) is 6. The van der Waals surface area contributed by atoms with E-state index in [2.05, 4.69) is 4.18 Å². The molecule has 11 heteroatoms. The fraction of sp³-hybridized carbons (Fsp3) is 0.458. The van der Waals surface area contributed by atoms with Crippen LogP contribution in [0.25, 0.3) is 0 Å². The van der Waals surface area contributed by atoms with Gasteiger partial charge in [-0.25, -0.2) is 4.39 Å². The first kappa shape index (κ1) is 25.3. The number of ether oxygens (including phenoxy) is 2. The number of aryl methyl sites for hydroxylation is 1. The highest BCUT2D eigenvalue weighted by molar-refractivity contribution is 7.88. The summed E-state index contributed by atoms with van der Waals surface area (Å²) < 4.78 is 89.7. The van der Waals surface area contributed by atoms with Gasteiger partial charge in [0.05, 0.1) is 13.0 Å². The van der Waals surface area contributed by atoms with E-state index in [-0.39, 0.29) is 23.4 Å². The maximum absolute atomic E-state index is 14.8. The van der Waals surface area contributed by atoms with Crippen molar-refractivity contribution in [3.8, 4) is 11.5 Å². The van der Waals surface area contributed by atoms with Crippen LogP contribution < -0.4 is 8.92 Å². The molecule has 0 spiro atoms. The van der Waals surface area contributed by atoms with E-state index in [1.807, 2.05) is 25.1 Å². The molecule has 2 unspecified atom stereocenters. The number of fused-ring (bicyclic) bond motifs is 1. The van der Waals surface area contributed by atoms with Crippen LogP contribution in [0.15, 0.2) is 36.4 Å². The minimum atomic E-state index is -5.91. The zero-order valence-corrected chi connectivity index (χ0v) is 19.8. The Morgan fingerprint density at radius 2 is 1.83 bits per heavy atom.